The van der Waals surface area contributed by atoms with Gasteiger partial charge in [-0.05, 0) is 37.3 Å². The molecule has 3 nitrogen and oxygen atoms in total. The molecule has 1 aliphatic heterocycles. The lowest BCUT2D eigenvalue weighted by atomic mass is 9.69. The van der Waals surface area contributed by atoms with E-state index < -0.39 is 0 Å². The number of ketones is 1. The molecule has 0 aliphatic carbocycles. The fourth-order valence-electron chi connectivity index (χ4n) is 3.22. The summed E-state index contributed by atoms with van der Waals surface area (Å²) in [6.45, 7) is 7.04. The number of Topliss-reactive ketones (excluding diaryl/α,β-unsaturated/α-hetero) is 1. The van der Waals surface area contributed by atoms with Gasteiger partial charge in [-0.2, -0.15) is 0 Å². The van der Waals surface area contributed by atoms with E-state index in [0.717, 1.165) is 18.4 Å². The molecule has 0 radical (unpaired) electrons. The molecule has 1 aromatic rings. The van der Waals surface area contributed by atoms with Gasteiger partial charge in [-0.15, -0.1) is 6.58 Å². The van der Waals surface area contributed by atoms with Crippen LogP contribution in [0.15, 0.2) is 36.9 Å². The van der Waals surface area contributed by atoms with Crippen molar-refractivity contribution in [2.75, 3.05) is 13.2 Å². The maximum Gasteiger partial charge on any atom is 0.142 e. The second-order valence-electron chi connectivity index (χ2n) is 5.98. The predicted molar refractivity (Wildman–Crippen MR) is 83.3 cm³/mol. The van der Waals surface area contributed by atoms with Gasteiger partial charge >= 0.3 is 0 Å². The van der Waals surface area contributed by atoms with Crippen LogP contribution in [0.4, 0.5) is 0 Å². The van der Waals surface area contributed by atoms with Gasteiger partial charge in [0.15, 0.2) is 0 Å². The Hall–Kier alpha value is -1.61. The summed E-state index contributed by atoms with van der Waals surface area (Å²) in [6.07, 6.45) is 4.66. The smallest absolute Gasteiger partial charge is 0.142 e. The number of carbonyl (C=O) groups excluding carboxylic acids is 1. The molecule has 114 valence electrons. The Morgan fingerprint density at radius 3 is 2.71 bits per heavy atom. The molecule has 0 bridgehead atoms. The zero-order valence-corrected chi connectivity index (χ0v) is 12.7. The lowest BCUT2D eigenvalue weighted by Gasteiger charge is -2.37. The summed E-state index contributed by atoms with van der Waals surface area (Å²) in [4.78, 5) is 12.9. The molecule has 1 atom stereocenters. The van der Waals surface area contributed by atoms with Crippen molar-refractivity contribution >= 4 is 5.78 Å². The Morgan fingerprint density at radius 1 is 1.43 bits per heavy atom. The number of carbonyl (C=O) groups is 1. The quantitative estimate of drug-likeness (QED) is 0.815. The van der Waals surface area contributed by atoms with Crippen molar-refractivity contribution in [3.05, 3.63) is 42.5 Å². The first-order chi connectivity index (χ1) is 10.1. The number of rotatable bonds is 6. The van der Waals surface area contributed by atoms with Crippen molar-refractivity contribution in [1.29, 1.82) is 0 Å². The van der Waals surface area contributed by atoms with Crippen LogP contribution >= 0.6 is 0 Å². The van der Waals surface area contributed by atoms with Gasteiger partial charge in [-0.3, -0.25) is 4.79 Å². The van der Waals surface area contributed by atoms with Gasteiger partial charge in [0.25, 0.3) is 0 Å². The highest BCUT2D eigenvalue weighted by Crippen LogP contribution is 2.38. The maximum absolute atomic E-state index is 12.9. The summed E-state index contributed by atoms with van der Waals surface area (Å²) < 4.78 is 5.41. The van der Waals surface area contributed by atoms with Crippen LogP contribution in [0.1, 0.15) is 31.7 Å². The number of benzene rings is 1. The molecule has 1 aliphatic rings. The largest absolute Gasteiger partial charge is 0.508 e. The van der Waals surface area contributed by atoms with Crippen LogP contribution in [0, 0.1) is 11.3 Å². The molecule has 1 fully saturated rings. The second kappa shape index (κ2) is 6.90. The minimum absolute atomic E-state index is 0.114. The minimum Gasteiger partial charge on any atom is -0.508 e. The Kier molecular flexibility index (Phi) is 5.18. The summed E-state index contributed by atoms with van der Waals surface area (Å²) in [7, 11) is 0. The van der Waals surface area contributed by atoms with Crippen molar-refractivity contribution in [2.24, 2.45) is 11.3 Å². The van der Waals surface area contributed by atoms with E-state index in [2.05, 4.69) is 6.58 Å². The predicted octanol–water partition coefficient (Wildman–Crippen LogP) is 3.51. The van der Waals surface area contributed by atoms with E-state index in [1.807, 2.05) is 25.1 Å². The molecule has 0 amide bonds. The van der Waals surface area contributed by atoms with E-state index in [1.165, 1.54) is 0 Å². The Morgan fingerprint density at radius 2 is 2.10 bits per heavy atom. The van der Waals surface area contributed by atoms with Gasteiger partial charge in [0.1, 0.15) is 11.5 Å². The van der Waals surface area contributed by atoms with Crippen LogP contribution in [-0.2, 0) is 16.0 Å². The molecule has 0 saturated carbocycles. The number of ether oxygens (including phenoxy) is 1. The van der Waals surface area contributed by atoms with E-state index in [1.54, 1.807) is 12.1 Å². The first-order valence-electron chi connectivity index (χ1n) is 7.59. The van der Waals surface area contributed by atoms with E-state index in [4.69, 9.17) is 4.74 Å². The van der Waals surface area contributed by atoms with Gasteiger partial charge in [-0.1, -0.05) is 31.2 Å². The van der Waals surface area contributed by atoms with Crippen LogP contribution in [-0.4, -0.2) is 24.1 Å². The average molecular weight is 288 g/mol. The highest BCUT2D eigenvalue weighted by atomic mass is 16.5. The number of hydrogen-bond acceptors (Lipinski definition) is 3. The first-order valence-corrected chi connectivity index (χ1v) is 7.59. The van der Waals surface area contributed by atoms with Crippen LogP contribution in [0.2, 0.25) is 0 Å². The monoisotopic (exact) mass is 288 g/mol. The van der Waals surface area contributed by atoms with Crippen LogP contribution < -0.4 is 0 Å². The minimum atomic E-state index is -0.330. The van der Waals surface area contributed by atoms with Crippen molar-refractivity contribution in [2.45, 2.75) is 32.6 Å². The Labute approximate surface area is 126 Å². The summed E-state index contributed by atoms with van der Waals surface area (Å²) in [5.74, 6) is 0.423. The van der Waals surface area contributed by atoms with E-state index in [0.29, 0.717) is 26.1 Å². The lowest BCUT2D eigenvalue weighted by molar-refractivity contribution is -0.137. The topological polar surface area (TPSA) is 46.5 Å². The van der Waals surface area contributed by atoms with Gasteiger partial charge in [0.05, 0.1) is 0 Å². The molecule has 1 saturated heterocycles. The van der Waals surface area contributed by atoms with Gasteiger partial charge < -0.3 is 9.84 Å². The normalized spacial score (nSPS) is 18.9. The van der Waals surface area contributed by atoms with Crippen LogP contribution in [0.5, 0.6) is 5.75 Å². The molecular formula is C18H24O3. The summed E-state index contributed by atoms with van der Waals surface area (Å²) in [5, 5.41) is 9.87. The molecular weight excluding hydrogens is 264 g/mol. The van der Waals surface area contributed by atoms with E-state index in [9.17, 15) is 9.90 Å². The van der Waals surface area contributed by atoms with Gasteiger partial charge in [-0.25, -0.2) is 0 Å². The average Bonchev–Trinajstić information content (AvgIpc) is 2.50. The lowest BCUT2D eigenvalue weighted by Crippen LogP contribution is -2.40. The SMILES string of the molecule is C=CCC1(C(=O)C(C)Cc2ccccc2O)CCOCC1. The molecule has 1 aromatic carbocycles. The fourth-order valence-corrected chi connectivity index (χ4v) is 3.22. The molecule has 0 aromatic heterocycles. The van der Waals surface area contributed by atoms with Gasteiger partial charge in [0, 0.05) is 24.5 Å². The van der Waals surface area contributed by atoms with E-state index >= 15 is 0 Å². The first kappa shape index (κ1) is 15.8. The third kappa shape index (κ3) is 3.53. The Bertz CT molecular complexity index is 501. The molecule has 21 heavy (non-hydrogen) atoms. The molecule has 1 N–H and O–H groups in total. The fraction of sp³-hybridized carbons (Fsp3) is 0.500. The highest BCUT2D eigenvalue weighted by Gasteiger charge is 2.40. The number of hydrogen-bond donors (Lipinski definition) is 1. The standard InChI is InChI=1S/C18H24O3/c1-3-8-18(9-11-21-12-10-18)17(20)14(2)13-15-6-4-5-7-16(15)19/h3-7,14,19H,1,8-13H2,2H3. The number of phenolic OH excluding ortho intramolecular Hbond substituents is 1. The maximum atomic E-state index is 12.9. The van der Waals surface area contributed by atoms with Crippen molar-refractivity contribution in [1.82, 2.24) is 0 Å². The zero-order valence-electron chi connectivity index (χ0n) is 12.7. The Balaban J connectivity index is 2.13. The summed E-state index contributed by atoms with van der Waals surface area (Å²) >= 11 is 0. The van der Waals surface area contributed by atoms with Gasteiger partial charge in [0.2, 0.25) is 0 Å². The number of aromatic hydroxyl groups is 1. The summed E-state index contributed by atoms with van der Waals surface area (Å²) in [6, 6.07) is 7.23. The highest BCUT2D eigenvalue weighted by molar-refractivity contribution is 5.87. The molecule has 1 unspecified atom stereocenters. The van der Waals surface area contributed by atoms with Crippen LogP contribution in [0.3, 0.4) is 0 Å². The molecule has 0 spiro atoms. The summed E-state index contributed by atoms with van der Waals surface area (Å²) in [5.41, 5.74) is 0.503. The number of phenols is 1. The third-order valence-corrected chi connectivity index (χ3v) is 4.47. The second-order valence-corrected chi connectivity index (χ2v) is 5.98. The van der Waals surface area contributed by atoms with Crippen LogP contribution in [0.25, 0.3) is 0 Å². The third-order valence-electron chi connectivity index (χ3n) is 4.47. The van der Waals surface area contributed by atoms with Crippen molar-refractivity contribution in [3.63, 3.8) is 0 Å². The van der Waals surface area contributed by atoms with Crippen molar-refractivity contribution in [3.8, 4) is 5.75 Å². The van der Waals surface area contributed by atoms with Crippen molar-refractivity contribution < 1.29 is 14.6 Å². The molecule has 2 rings (SSSR count). The molecule has 1 heterocycles. The van der Waals surface area contributed by atoms with E-state index in [-0.39, 0.29) is 22.9 Å². The zero-order chi connectivity index (χ0) is 15.3. The number of para-hydroxylation sites is 1. The molecule has 3 heteroatoms. The number of allylic oxidation sites excluding steroid dienone is 1.